The molecule has 0 spiro atoms. The average molecular weight is 224 g/mol. The molecule has 4 heteroatoms. The molecule has 1 amide bonds. The van der Waals surface area contributed by atoms with Gasteiger partial charge in [-0.1, -0.05) is 5.92 Å². The Kier molecular flexibility index (Phi) is 5.91. The second-order valence-electron chi connectivity index (χ2n) is 4.14. The third kappa shape index (κ3) is 5.74. The number of carbonyl (C=O) groups is 1. The highest BCUT2D eigenvalue weighted by atomic mass is 16.5. The SMILES string of the molecule is C#CCNCC(=O)N(C)CCOCC1CC1. The van der Waals surface area contributed by atoms with E-state index in [-0.39, 0.29) is 5.91 Å². The zero-order chi connectivity index (χ0) is 11.8. The lowest BCUT2D eigenvalue weighted by Crippen LogP contribution is -2.37. The summed E-state index contributed by atoms with van der Waals surface area (Å²) in [5.74, 6) is 3.25. The van der Waals surface area contributed by atoms with Gasteiger partial charge in [0.1, 0.15) is 0 Å². The largest absolute Gasteiger partial charge is 0.379 e. The minimum absolute atomic E-state index is 0.0465. The van der Waals surface area contributed by atoms with Crippen molar-refractivity contribution in [3.63, 3.8) is 0 Å². The summed E-state index contributed by atoms with van der Waals surface area (Å²) in [7, 11) is 1.78. The molecule has 90 valence electrons. The summed E-state index contributed by atoms with van der Waals surface area (Å²) in [6.07, 6.45) is 7.66. The summed E-state index contributed by atoms with van der Waals surface area (Å²) in [5, 5.41) is 2.87. The molecular weight excluding hydrogens is 204 g/mol. The van der Waals surface area contributed by atoms with E-state index < -0.39 is 0 Å². The third-order valence-corrected chi connectivity index (χ3v) is 2.55. The highest BCUT2D eigenvalue weighted by molar-refractivity contribution is 5.77. The van der Waals surface area contributed by atoms with Gasteiger partial charge in [-0.05, 0) is 18.8 Å². The summed E-state index contributed by atoms with van der Waals surface area (Å²) >= 11 is 0. The number of nitrogens with zero attached hydrogens (tertiary/aromatic N) is 1. The lowest BCUT2D eigenvalue weighted by atomic mass is 10.4. The van der Waals surface area contributed by atoms with Crippen molar-refractivity contribution in [2.75, 3.05) is 39.9 Å². The van der Waals surface area contributed by atoms with Crippen LogP contribution in [0.15, 0.2) is 0 Å². The number of ether oxygens (including phenoxy) is 1. The molecular formula is C12H20N2O2. The first-order valence-corrected chi connectivity index (χ1v) is 5.70. The van der Waals surface area contributed by atoms with Crippen molar-refractivity contribution < 1.29 is 9.53 Å². The Hall–Kier alpha value is -1.05. The number of rotatable bonds is 8. The second kappa shape index (κ2) is 7.26. The highest BCUT2D eigenvalue weighted by Crippen LogP contribution is 2.28. The first-order valence-electron chi connectivity index (χ1n) is 5.70. The van der Waals surface area contributed by atoms with E-state index in [0.29, 0.717) is 26.2 Å². The number of likely N-dealkylation sites (N-methyl/N-ethyl adjacent to an activating group) is 1. The fraction of sp³-hybridized carbons (Fsp3) is 0.750. The molecule has 0 heterocycles. The van der Waals surface area contributed by atoms with Crippen molar-refractivity contribution >= 4 is 5.91 Å². The molecule has 0 atom stereocenters. The molecule has 1 saturated carbocycles. The molecule has 0 saturated heterocycles. The van der Waals surface area contributed by atoms with E-state index in [1.807, 2.05) is 0 Å². The van der Waals surface area contributed by atoms with E-state index in [2.05, 4.69) is 11.2 Å². The maximum Gasteiger partial charge on any atom is 0.236 e. The average Bonchev–Trinajstić information content (AvgIpc) is 3.08. The summed E-state index contributed by atoms with van der Waals surface area (Å²) in [6.45, 7) is 2.83. The number of nitrogens with one attached hydrogen (secondary N) is 1. The molecule has 16 heavy (non-hydrogen) atoms. The standard InChI is InChI=1S/C12H20N2O2/c1-3-6-13-9-12(15)14(2)7-8-16-10-11-4-5-11/h1,11,13H,4-10H2,2H3. The number of hydrogen-bond donors (Lipinski definition) is 1. The van der Waals surface area contributed by atoms with Gasteiger partial charge in [0.2, 0.25) is 5.91 Å². The molecule has 0 bridgehead atoms. The molecule has 1 N–H and O–H groups in total. The summed E-state index contributed by atoms with van der Waals surface area (Å²) < 4.78 is 5.46. The van der Waals surface area contributed by atoms with Crippen LogP contribution in [0.3, 0.4) is 0 Å². The fourth-order valence-electron chi connectivity index (χ4n) is 1.24. The van der Waals surface area contributed by atoms with Crippen LogP contribution < -0.4 is 5.32 Å². The van der Waals surface area contributed by atoms with Gasteiger partial charge in [-0.3, -0.25) is 10.1 Å². The lowest BCUT2D eigenvalue weighted by molar-refractivity contribution is -0.129. The van der Waals surface area contributed by atoms with Crippen LogP contribution in [0.4, 0.5) is 0 Å². The Morgan fingerprint density at radius 1 is 1.62 bits per heavy atom. The maximum absolute atomic E-state index is 11.5. The predicted octanol–water partition coefficient (Wildman–Crippen LogP) is 0.0942. The highest BCUT2D eigenvalue weighted by Gasteiger charge is 2.21. The molecule has 0 aliphatic heterocycles. The topological polar surface area (TPSA) is 41.6 Å². The molecule has 0 radical (unpaired) electrons. The van der Waals surface area contributed by atoms with Gasteiger partial charge in [-0.2, -0.15) is 0 Å². The maximum atomic E-state index is 11.5. The minimum Gasteiger partial charge on any atom is -0.379 e. The van der Waals surface area contributed by atoms with E-state index in [1.165, 1.54) is 12.8 Å². The van der Waals surface area contributed by atoms with E-state index in [9.17, 15) is 4.79 Å². The first-order chi connectivity index (χ1) is 7.74. The van der Waals surface area contributed by atoms with E-state index in [0.717, 1.165) is 12.5 Å². The van der Waals surface area contributed by atoms with Crippen LogP contribution >= 0.6 is 0 Å². The third-order valence-electron chi connectivity index (χ3n) is 2.55. The fourth-order valence-corrected chi connectivity index (χ4v) is 1.24. The number of terminal acetylenes is 1. The summed E-state index contributed by atoms with van der Waals surface area (Å²) in [4.78, 5) is 13.2. The van der Waals surface area contributed by atoms with Crippen LogP contribution in [-0.4, -0.2) is 50.7 Å². The molecule has 1 rings (SSSR count). The normalized spacial score (nSPS) is 14.5. The van der Waals surface area contributed by atoms with Crippen LogP contribution in [0.1, 0.15) is 12.8 Å². The van der Waals surface area contributed by atoms with Crippen LogP contribution in [0.25, 0.3) is 0 Å². The van der Waals surface area contributed by atoms with E-state index in [4.69, 9.17) is 11.2 Å². The van der Waals surface area contributed by atoms with Crippen LogP contribution in [0, 0.1) is 18.3 Å². The van der Waals surface area contributed by atoms with Gasteiger partial charge in [0.15, 0.2) is 0 Å². The Morgan fingerprint density at radius 3 is 3.00 bits per heavy atom. The van der Waals surface area contributed by atoms with Gasteiger partial charge in [0.05, 0.1) is 19.7 Å². The molecule has 1 fully saturated rings. The van der Waals surface area contributed by atoms with Crippen molar-refractivity contribution in [2.24, 2.45) is 5.92 Å². The zero-order valence-corrected chi connectivity index (χ0v) is 9.87. The predicted molar refractivity (Wildman–Crippen MR) is 62.9 cm³/mol. The van der Waals surface area contributed by atoms with E-state index in [1.54, 1.807) is 11.9 Å². The Morgan fingerprint density at radius 2 is 2.38 bits per heavy atom. The molecule has 0 aromatic rings. The molecule has 0 aromatic carbocycles. The quantitative estimate of drug-likeness (QED) is 0.469. The number of amides is 1. The lowest BCUT2D eigenvalue weighted by Gasteiger charge is -2.17. The van der Waals surface area contributed by atoms with Gasteiger partial charge in [0.25, 0.3) is 0 Å². The second-order valence-corrected chi connectivity index (χ2v) is 4.14. The number of carbonyl (C=O) groups excluding carboxylic acids is 1. The van der Waals surface area contributed by atoms with Crippen LogP contribution in [0.5, 0.6) is 0 Å². The monoisotopic (exact) mass is 224 g/mol. The van der Waals surface area contributed by atoms with Gasteiger partial charge < -0.3 is 9.64 Å². The van der Waals surface area contributed by atoms with Gasteiger partial charge in [-0.15, -0.1) is 6.42 Å². The smallest absolute Gasteiger partial charge is 0.236 e. The molecule has 1 aliphatic carbocycles. The van der Waals surface area contributed by atoms with Gasteiger partial charge >= 0.3 is 0 Å². The Labute approximate surface area is 97.3 Å². The van der Waals surface area contributed by atoms with Crippen molar-refractivity contribution in [3.8, 4) is 12.3 Å². The zero-order valence-electron chi connectivity index (χ0n) is 9.87. The Bertz CT molecular complexity index is 256. The van der Waals surface area contributed by atoms with Crippen molar-refractivity contribution in [1.29, 1.82) is 0 Å². The molecule has 0 unspecified atom stereocenters. The summed E-state index contributed by atoms with van der Waals surface area (Å²) in [6, 6.07) is 0. The van der Waals surface area contributed by atoms with Crippen molar-refractivity contribution in [3.05, 3.63) is 0 Å². The Balaban J connectivity index is 1.96. The van der Waals surface area contributed by atoms with Crippen molar-refractivity contribution in [1.82, 2.24) is 10.2 Å². The molecule has 4 nitrogen and oxygen atoms in total. The first kappa shape index (κ1) is 13.0. The summed E-state index contributed by atoms with van der Waals surface area (Å²) in [5.41, 5.74) is 0. The van der Waals surface area contributed by atoms with Gasteiger partial charge in [-0.25, -0.2) is 0 Å². The van der Waals surface area contributed by atoms with Gasteiger partial charge in [0, 0.05) is 20.2 Å². The van der Waals surface area contributed by atoms with E-state index >= 15 is 0 Å². The number of hydrogen-bond acceptors (Lipinski definition) is 3. The van der Waals surface area contributed by atoms with Crippen LogP contribution in [0.2, 0.25) is 0 Å². The van der Waals surface area contributed by atoms with Crippen LogP contribution in [-0.2, 0) is 9.53 Å². The van der Waals surface area contributed by atoms with Crippen molar-refractivity contribution in [2.45, 2.75) is 12.8 Å². The molecule has 1 aliphatic rings. The molecule has 0 aromatic heterocycles. The minimum atomic E-state index is 0.0465.